The Morgan fingerprint density at radius 2 is 1.01 bits per heavy atom. The summed E-state index contributed by atoms with van der Waals surface area (Å²) in [5.74, 6) is 1.25. The Morgan fingerprint density at radius 3 is 1.46 bits per heavy atom. The van der Waals surface area contributed by atoms with E-state index in [1.807, 2.05) is 54.7 Å². The third-order valence-corrected chi connectivity index (χ3v) is 13.9. The number of amides is 5. The monoisotopic (exact) mass is 1010 g/mol. The first-order valence-corrected chi connectivity index (χ1v) is 25.3. The Kier molecular flexibility index (Phi) is 17.7. The van der Waals surface area contributed by atoms with Crippen LogP contribution in [0.2, 0.25) is 0 Å². The van der Waals surface area contributed by atoms with Crippen LogP contribution in [0.15, 0.2) is 97.3 Å². The highest BCUT2D eigenvalue weighted by molar-refractivity contribution is 6.04. The van der Waals surface area contributed by atoms with Gasteiger partial charge in [-0.15, -0.1) is 0 Å². The van der Waals surface area contributed by atoms with Crippen LogP contribution in [0.5, 0.6) is 0 Å². The van der Waals surface area contributed by atoms with Crippen LogP contribution in [-0.2, 0) is 22.7 Å². The quantitative estimate of drug-likeness (QED) is 0.118. The maximum atomic E-state index is 12.4. The van der Waals surface area contributed by atoms with Gasteiger partial charge in [-0.3, -0.25) is 28.9 Å². The molecule has 6 aliphatic heterocycles. The van der Waals surface area contributed by atoms with Gasteiger partial charge >= 0.3 is 0 Å². The minimum Gasteiger partial charge on any atom is -0.392 e. The number of pyridine rings is 2. The predicted molar refractivity (Wildman–Crippen MR) is 284 cm³/mol. The number of carbonyl (C=O) groups excluding carboxylic acids is 5. The van der Waals surface area contributed by atoms with Crippen LogP contribution >= 0.6 is 0 Å². The lowest BCUT2D eigenvalue weighted by Crippen LogP contribution is -2.46. The second kappa shape index (κ2) is 24.8. The SMILES string of the molecule is CNC(=O)c1ccc(F)cc1.CNC(=O)c1ccc(N2CCN(Cc3cnc4c(c3)NC(=O)[C@@H]3CCCN43)CC2)cc1.CNC(=O)c1ccc(N2CCNCC2)cc1.O=C1Nc2cc(CO)cnc2N2CCC[C@@H]12. The molecule has 5 amide bonds. The topological polar surface area (TPSA) is 220 Å². The molecule has 20 heteroatoms. The second-order valence-electron chi connectivity index (χ2n) is 18.6. The first kappa shape index (κ1) is 52.6. The molecule has 5 aromatic rings. The van der Waals surface area contributed by atoms with E-state index in [0.717, 1.165) is 138 Å². The number of fused-ring (bicyclic) bond motifs is 6. The van der Waals surface area contributed by atoms with E-state index in [-0.39, 0.29) is 54.0 Å². The molecular weight excluding hydrogens is 946 g/mol. The molecule has 390 valence electrons. The number of halogens is 1. The standard InChI is InChI=1S/C23H28N6O2.C12H17N3O.C11H13N3O2.C8H8FNO/c1-24-22(30)17-4-6-18(7-5-17)28-11-9-27(10-12-28)15-16-13-19-21(25-14-16)29-8-2-3-20(29)23(31)26-19;1-13-12(16)10-2-4-11(5-3-10)15-8-6-14-7-9-15;15-6-7-4-8-10(12-5-7)14-3-1-2-9(14)11(16)13-8;1-10-8(11)6-2-4-7(9)5-3-6/h4-7,13-14,20H,2-3,8-12,15H2,1H3,(H,24,30)(H,26,31);2-5,14H,6-9H2,1H3,(H,13,16);4-5,9,15H,1-3,6H2,(H,13,16);2-5H,1H3,(H,10,11)/t20-;;9-;/m0.0./s1. The Bertz CT molecular complexity index is 2750. The third-order valence-electron chi connectivity index (χ3n) is 13.9. The number of hydrogen-bond donors (Lipinski definition) is 7. The minimum absolute atomic E-state index is 0.0353. The first-order valence-electron chi connectivity index (χ1n) is 25.3. The van der Waals surface area contributed by atoms with E-state index in [4.69, 9.17) is 10.1 Å². The molecule has 6 aliphatic rings. The number of anilines is 6. The van der Waals surface area contributed by atoms with Crippen LogP contribution in [-0.4, -0.2) is 148 Å². The molecule has 7 N–H and O–H groups in total. The zero-order chi connectivity index (χ0) is 52.1. The number of rotatable bonds is 8. The van der Waals surface area contributed by atoms with Crippen molar-refractivity contribution in [3.8, 4) is 0 Å². The Labute approximate surface area is 430 Å². The number of hydrogen-bond acceptors (Lipinski definition) is 14. The zero-order valence-corrected chi connectivity index (χ0v) is 42.2. The maximum Gasteiger partial charge on any atom is 0.251 e. The zero-order valence-electron chi connectivity index (χ0n) is 42.2. The van der Waals surface area contributed by atoms with Crippen molar-refractivity contribution in [2.45, 2.75) is 50.9 Å². The van der Waals surface area contributed by atoms with E-state index in [9.17, 15) is 28.4 Å². The molecule has 2 atom stereocenters. The third kappa shape index (κ3) is 12.7. The fraction of sp³-hybridized carbons (Fsp3) is 0.389. The number of benzene rings is 3. The summed E-state index contributed by atoms with van der Waals surface area (Å²) in [5, 5.41) is 26.0. The summed E-state index contributed by atoms with van der Waals surface area (Å²) in [6.07, 6.45) is 7.49. The van der Waals surface area contributed by atoms with E-state index in [2.05, 4.69) is 67.5 Å². The summed E-state index contributed by atoms with van der Waals surface area (Å²) in [7, 11) is 4.82. The minimum atomic E-state index is -0.336. The largest absolute Gasteiger partial charge is 0.392 e. The van der Waals surface area contributed by atoms with E-state index in [1.165, 1.54) is 37.0 Å². The Hall–Kier alpha value is -7.68. The van der Waals surface area contributed by atoms with Gasteiger partial charge in [0.05, 0.1) is 18.0 Å². The van der Waals surface area contributed by atoms with Gasteiger partial charge in [-0.05, 0) is 122 Å². The normalized spacial score (nSPS) is 18.4. The molecule has 4 saturated heterocycles. The van der Waals surface area contributed by atoms with Gasteiger partial charge < -0.3 is 56.6 Å². The van der Waals surface area contributed by atoms with Crippen molar-refractivity contribution in [2.75, 3.05) is 117 Å². The van der Waals surface area contributed by atoms with Crippen LogP contribution in [0.1, 0.15) is 67.9 Å². The van der Waals surface area contributed by atoms with Gasteiger partial charge in [-0.1, -0.05) is 0 Å². The van der Waals surface area contributed by atoms with Crippen molar-refractivity contribution in [3.63, 3.8) is 0 Å². The van der Waals surface area contributed by atoms with Crippen molar-refractivity contribution in [3.05, 3.63) is 131 Å². The summed E-state index contributed by atoms with van der Waals surface area (Å²) in [4.78, 5) is 78.4. The van der Waals surface area contributed by atoms with Crippen molar-refractivity contribution in [1.82, 2.24) is 36.1 Å². The van der Waals surface area contributed by atoms with Gasteiger partial charge in [0.25, 0.3) is 17.7 Å². The highest BCUT2D eigenvalue weighted by Gasteiger charge is 2.38. The van der Waals surface area contributed by atoms with Crippen molar-refractivity contribution < 1.29 is 33.5 Å². The number of nitrogens with zero attached hydrogens (tertiary/aromatic N) is 7. The highest BCUT2D eigenvalue weighted by Crippen LogP contribution is 2.37. The van der Waals surface area contributed by atoms with Gasteiger partial charge in [-0.2, -0.15) is 0 Å². The summed E-state index contributed by atoms with van der Waals surface area (Å²) < 4.78 is 12.3. The fourth-order valence-electron chi connectivity index (χ4n) is 9.86. The van der Waals surface area contributed by atoms with Gasteiger partial charge in [0.1, 0.15) is 17.9 Å². The molecule has 19 nitrogen and oxygen atoms in total. The molecule has 3 aromatic carbocycles. The first-order chi connectivity index (χ1) is 36.0. The van der Waals surface area contributed by atoms with Gasteiger partial charge in [-0.25, -0.2) is 14.4 Å². The number of aliphatic hydroxyl groups is 1. The number of nitrogens with one attached hydrogen (secondary N) is 6. The molecule has 74 heavy (non-hydrogen) atoms. The average molecular weight is 1010 g/mol. The van der Waals surface area contributed by atoms with Crippen molar-refractivity contribution in [1.29, 1.82) is 0 Å². The molecule has 0 spiro atoms. The smallest absolute Gasteiger partial charge is 0.251 e. The van der Waals surface area contributed by atoms with Crippen LogP contribution in [0.25, 0.3) is 0 Å². The van der Waals surface area contributed by atoms with E-state index in [0.29, 0.717) is 16.7 Å². The van der Waals surface area contributed by atoms with Crippen LogP contribution in [0.4, 0.5) is 38.8 Å². The number of aliphatic hydroxyl groups excluding tert-OH is 1. The molecule has 0 saturated carbocycles. The molecule has 0 unspecified atom stereocenters. The van der Waals surface area contributed by atoms with Crippen LogP contribution in [0.3, 0.4) is 0 Å². The molecule has 2 aromatic heterocycles. The van der Waals surface area contributed by atoms with Crippen molar-refractivity contribution in [2.24, 2.45) is 0 Å². The van der Waals surface area contributed by atoms with E-state index >= 15 is 0 Å². The Morgan fingerprint density at radius 1 is 0.595 bits per heavy atom. The van der Waals surface area contributed by atoms with Gasteiger partial charge in [0.2, 0.25) is 11.8 Å². The second-order valence-corrected chi connectivity index (χ2v) is 18.6. The number of aromatic nitrogens is 2. The molecule has 0 aliphatic carbocycles. The lowest BCUT2D eigenvalue weighted by molar-refractivity contribution is -0.118. The average Bonchev–Trinajstić information content (AvgIpc) is 4.17. The summed E-state index contributed by atoms with van der Waals surface area (Å²) in [6.45, 7) is 10.4. The maximum absolute atomic E-state index is 12.4. The highest BCUT2D eigenvalue weighted by atomic mass is 19.1. The summed E-state index contributed by atoms with van der Waals surface area (Å²) >= 11 is 0. The van der Waals surface area contributed by atoms with Crippen molar-refractivity contribution >= 4 is 63.9 Å². The number of carbonyl (C=O) groups is 5. The van der Waals surface area contributed by atoms with Gasteiger partial charge in [0.15, 0.2) is 11.6 Å². The van der Waals surface area contributed by atoms with Crippen LogP contribution in [0, 0.1) is 5.82 Å². The summed E-state index contributed by atoms with van der Waals surface area (Å²) in [6, 6.07) is 24.7. The fourth-order valence-corrected chi connectivity index (χ4v) is 9.86. The molecule has 4 fully saturated rings. The molecule has 0 radical (unpaired) electrons. The lowest BCUT2D eigenvalue weighted by Gasteiger charge is -2.36. The Balaban J connectivity index is 0.000000143. The van der Waals surface area contributed by atoms with Crippen LogP contribution < -0.4 is 51.5 Å². The molecular formula is C54H66FN13O6. The predicted octanol–water partition coefficient (Wildman–Crippen LogP) is 3.82. The molecule has 8 heterocycles. The lowest BCUT2D eigenvalue weighted by atomic mass is 10.1. The number of piperazine rings is 2. The van der Waals surface area contributed by atoms with E-state index in [1.54, 1.807) is 26.4 Å². The van der Waals surface area contributed by atoms with E-state index < -0.39 is 0 Å². The summed E-state index contributed by atoms with van der Waals surface area (Å²) in [5.41, 5.74) is 7.59. The molecule has 11 rings (SSSR count). The molecule has 0 bridgehead atoms. The van der Waals surface area contributed by atoms with Gasteiger partial charge in [0, 0.05) is 134 Å².